The van der Waals surface area contributed by atoms with Gasteiger partial charge in [-0.15, -0.1) is 0 Å². The van der Waals surface area contributed by atoms with Crippen LogP contribution < -0.4 is 4.74 Å². The van der Waals surface area contributed by atoms with Gasteiger partial charge in [0.25, 0.3) is 0 Å². The molecule has 0 radical (unpaired) electrons. The summed E-state index contributed by atoms with van der Waals surface area (Å²) < 4.78 is 18.8. The maximum absolute atomic E-state index is 13.3. The van der Waals surface area contributed by atoms with Gasteiger partial charge in [-0.05, 0) is 36.2 Å². The summed E-state index contributed by atoms with van der Waals surface area (Å²) >= 11 is 5.60. The van der Waals surface area contributed by atoms with E-state index < -0.39 is 11.9 Å². The van der Waals surface area contributed by atoms with Gasteiger partial charge >= 0.3 is 0 Å². The van der Waals surface area contributed by atoms with Crippen LogP contribution in [0.2, 0.25) is 5.02 Å². The van der Waals surface area contributed by atoms with Crippen molar-refractivity contribution in [2.45, 2.75) is 19.4 Å². The highest BCUT2D eigenvalue weighted by Crippen LogP contribution is 2.26. The van der Waals surface area contributed by atoms with Crippen LogP contribution in [0.15, 0.2) is 42.5 Å². The number of hydrogen-bond acceptors (Lipinski definition) is 2. The molecule has 0 aliphatic carbocycles. The normalized spacial score (nSPS) is 12.2. The fourth-order valence-electron chi connectivity index (χ4n) is 1.67. The van der Waals surface area contributed by atoms with E-state index in [0.29, 0.717) is 17.9 Å². The first kappa shape index (κ1) is 13.8. The monoisotopic (exact) mass is 280 g/mol. The lowest BCUT2D eigenvalue weighted by atomic mass is 10.1. The number of aliphatic hydroxyl groups excluding tert-OH is 1. The Bertz CT molecular complexity index is 555. The van der Waals surface area contributed by atoms with Crippen molar-refractivity contribution in [1.29, 1.82) is 0 Å². The third-order valence-corrected chi connectivity index (χ3v) is 3.08. The molecule has 2 aromatic carbocycles. The second-order valence-electron chi connectivity index (χ2n) is 4.17. The number of benzene rings is 2. The molecular weight excluding hydrogens is 267 g/mol. The Morgan fingerprint density at radius 1 is 1.16 bits per heavy atom. The molecule has 4 heteroatoms. The first-order chi connectivity index (χ1) is 9.10. The maximum atomic E-state index is 13.3. The van der Waals surface area contributed by atoms with Crippen LogP contribution >= 0.6 is 11.6 Å². The zero-order valence-corrected chi connectivity index (χ0v) is 11.2. The summed E-state index contributed by atoms with van der Waals surface area (Å²) in [6, 6.07) is 11.3. The Labute approximate surface area is 116 Å². The minimum Gasteiger partial charge on any atom is -0.457 e. The summed E-state index contributed by atoms with van der Waals surface area (Å²) in [5.41, 5.74) is 0.831. The van der Waals surface area contributed by atoms with E-state index in [1.54, 1.807) is 30.3 Å². The summed E-state index contributed by atoms with van der Waals surface area (Å²) in [4.78, 5) is 0. The molecule has 2 nitrogen and oxygen atoms in total. The van der Waals surface area contributed by atoms with Crippen LogP contribution in [-0.2, 0) is 0 Å². The van der Waals surface area contributed by atoms with Crippen LogP contribution in [0.5, 0.6) is 11.5 Å². The van der Waals surface area contributed by atoms with Gasteiger partial charge in [-0.3, -0.25) is 0 Å². The lowest BCUT2D eigenvalue weighted by Crippen LogP contribution is -1.94. The molecule has 0 aliphatic heterocycles. The van der Waals surface area contributed by atoms with Crippen molar-refractivity contribution in [3.63, 3.8) is 0 Å². The Morgan fingerprint density at radius 2 is 1.79 bits per heavy atom. The molecule has 1 N–H and O–H groups in total. The third-order valence-electron chi connectivity index (χ3n) is 2.78. The highest BCUT2D eigenvalue weighted by atomic mass is 35.5. The third kappa shape index (κ3) is 3.46. The minimum atomic E-state index is -0.516. The fourth-order valence-corrected chi connectivity index (χ4v) is 1.79. The lowest BCUT2D eigenvalue weighted by Gasteiger charge is -2.10. The van der Waals surface area contributed by atoms with Crippen LogP contribution in [0.25, 0.3) is 0 Å². The first-order valence-electron chi connectivity index (χ1n) is 6.01. The van der Waals surface area contributed by atoms with Crippen molar-refractivity contribution in [3.05, 3.63) is 58.9 Å². The van der Waals surface area contributed by atoms with Gasteiger partial charge in [0.15, 0.2) is 0 Å². The van der Waals surface area contributed by atoms with Gasteiger partial charge in [0.05, 0.1) is 11.1 Å². The fraction of sp³-hybridized carbons (Fsp3) is 0.200. The largest absolute Gasteiger partial charge is 0.457 e. The average Bonchev–Trinajstić information content (AvgIpc) is 2.43. The van der Waals surface area contributed by atoms with Gasteiger partial charge in [-0.25, -0.2) is 4.39 Å². The highest BCUT2D eigenvalue weighted by Gasteiger charge is 2.06. The van der Waals surface area contributed by atoms with Gasteiger partial charge in [-0.1, -0.05) is 30.7 Å². The van der Waals surface area contributed by atoms with Gasteiger partial charge < -0.3 is 9.84 Å². The first-order valence-corrected chi connectivity index (χ1v) is 6.39. The van der Waals surface area contributed by atoms with Crippen LogP contribution in [0.4, 0.5) is 4.39 Å². The van der Waals surface area contributed by atoms with Crippen molar-refractivity contribution >= 4 is 11.6 Å². The lowest BCUT2D eigenvalue weighted by molar-refractivity contribution is 0.173. The smallest absolute Gasteiger partial charge is 0.145 e. The van der Waals surface area contributed by atoms with Gasteiger partial charge in [0.2, 0.25) is 0 Å². The second kappa shape index (κ2) is 6.04. The summed E-state index contributed by atoms with van der Waals surface area (Å²) in [5, 5.41) is 9.74. The SMILES string of the molecule is CC[C@H](O)c1ccc(Oc2ccc(Cl)c(F)c2)cc1. The summed E-state index contributed by atoms with van der Waals surface area (Å²) in [7, 11) is 0. The molecule has 0 heterocycles. The Balaban J connectivity index is 2.12. The molecule has 19 heavy (non-hydrogen) atoms. The summed E-state index contributed by atoms with van der Waals surface area (Å²) in [6.07, 6.45) is 0.185. The molecule has 0 amide bonds. The summed E-state index contributed by atoms with van der Waals surface area (Å²) in [5.74, 6) is 0.441. The Morgan fingerprint density at radius 3 is 2.37 bits per heavy atom. The molecule has 0 bridgehead atoms. The van der Waals surface area contributed by atoms with Crippen LogP contribution in [0.1, 0.15) is 25.0 Å². The molecule has 2 rings (SSSR count). The number of ether oxygens (including phenoxy) is 1. The van der Waals surface area contributed by atoms with E-state index >= 15 is 0 Å². The predicted molar refractivity (Wildman–Crippen MR) is 73.2 cm³/mol. The van der Waals surface area contributed by atoms with E-state index in [1.807, 2.05) is 6.92 Å². The zero-order valence-electron chi connectivity index (χ0n) is 10.4. The van der Waals surface area contributed by atoms with Crippen LogP contribution in [0.3, 0.4) is 0 Å². The summed E-state index contributed by atoms with van der Waals surface area (Å²) in [6.45, 7) is 1.91. The molecule has 0 saturated heterocycles. The molecule has 2 aromatic rings. The Kier molecular flexibility index (Phi) is 4.40. The molecule has 0 aromatic heterocycles. The van der Waals surface area contributed by atoms with Crippen molar-refractivity contribution in [3.8, 4) is 11.5 Å². The molecule has 0 spiro atoms. The number of rotatable bonds is 4. The average molecular weight is 281 g/mol. The van der Waals surface area contributed by atoms with E-state index in [0.717, 1.165) is 5.56 Å². The zero-order chi connectivity index (χ0) is 13.8. The van der Waals surface area contributed by atoms with Crippen LogP contribution in [-0.4, -0.2) is 5.11 Å². The van der Waals surface area contributed by atoms with E-state index in [4.69, 9.17) is 16.3 Å². The van der Waals surface area contributed by atoms with Gasteiger partial charge in [0, 0.05) is 6.07 Å². The van der Waals surface area contributed by atoms with Crippen molar-refractivity contribution in [2.24, 2.45) is 0 Å². The second-order valence-corrected chi connectivity index (χ2v) is 4.58. The number of aliphatic hydroxyl groups is 1. The van der Waals surface area contributed by atoms with Crippen molar-refractivity contribution in [2.75, 3.05) is 0 Å². The van der Waals surface area contributed by atoms with Gasteiger partial charge in [0.1, 0.15) is 17.3 Å². The molecule has 100 valence electrons. The maximum Gasteiger partial charge on any atom is 0.145 e. The standard InChI is InChI=1S/C15H14ClFO2/c1-2-15(18)10-3-5-11(6-4-10)19-12-7-8-13(16)14(17)9-12/h3-9,15,18H,2H2,1H3/t15-/m0/s1. The molecular formula is C15H14ClFO2. The van der Waals surface area contributed by atoms with Crippen LogP contribution in [0, 0.1) is 5.82 Å². The highest BCUT2D eigenvalue weighted by molar-refractivity contribution is 6.30. The number of hydrogen-bond donors (Lipinski definition) is 1. The topological polar surface area (TPSA) is 29.5 Å². The number of halogens is 2. The van der Waals surface area contributed by atoms with E-state index in [9.17, 15) is 9.50 Å². The molecule has 0 fully saturated rings. The molecule has 1 atom stereocenters. The predicted octanol–water partition coefficient (Wildman–Crippen LogP) is 4.71. The quantitative estimate of drug-likeness (QED) is 0.878. The molecule has 0 saturated carbocycles. The Hall–Kier alpha value is -1.58. The van der Waals surface area contributed by atoms with Gasteiger partial charge in [-0.2, -0.15) is 0 Å². The molecule has 0 aliphatic rings. The van der Waals surface area contributed by atoms with E-state index in [1.165, 1.54) is 12.1 Å². The molecule has 0 unspecified atom stereocenters. The minimum absolute atomic E-state index is 0.0637. The van der Waals surface area contributed by atoms with E-state index in [2.05, 4.69) is 0 Å². The van der Waals surface area contributed by atoms with Crippen molar-refractivity contribution in [1.82, 2.24) is 0 Å². The van der Waals surface area contributed by atoms with E-state index in [-0.39, 0.29) is 5.02 Å². The van der Waals surface area contributed by atoms with Crippen molar-refractivity contribution < 1.29 is 14.2 Å².